The van der Waals surface area contributed by atoms with Crippen molar-refractivity contribution in [2.24, 2.45) is 12.9 Å². The van der Waals surface area contributed by atoms with E-state index >= 15 is 0 Å². The lowest BCUT2D eigenvalue weighted by Crippen LogP contribution is -2.17. The van der Waals surface area contributed by atoms with Gasteiger partial charge in [-0.05, 0) is 25.5 Å². The molecule has 0 aliphatic heterocycles. The summed E-state index contributed by atoms with van der Waals surface area (Å²) in [7, 11) is 1.83. The molecule has 1 aromatic carbocycles. The van der Waals surface area contributed by atoms with Crippen molar-refractivity contribution in [3.63, 3.8) is 0 Å². The highest BCUT2D eigenvalue weighted by molar-refractivity contribution is 6.08. The maximum absolute atomic E-state index is 12.4. The van der Waals surface area contributed by atoms with E-state index in [4.69, 9.17) is 5.84 Å². The quantitative estimate of drug-likeness (QED) is 0.586. The van der Waals surface area contributed by atoms with E-state index in [1.165, 1.54) is 0 Å². The SMILES string of the molecule is CCc1nn(C)cc1NC(=O)c1cc(C)ccc1NN. The Morgan fingerprint density at radius 2 is 2.15 bits per heavy atom. The first-order chi connectivity index (χ1) is 9.55. The van der Waals surface area contributed by atoms with Gasteiger partial charge in [-0.1, -0.05) is 18.6 Å². The fourth-order valence-electron chi connectivity index (χ4n) is 2.06. The first-order valence-corrected chi connectivity index (χ1v) is 6.46. The van der Waals surface area contributed by atoms with Crippen LogP contribution in [0.25, 0.3) is 0 Å². The third-order valence-corrected chi connectivity index (χ3v) is 3.06. The number of aryl methyl sites for hydroxylation is 3. The lowest BCUT2D eigenvalue weighted by Gasteiger charge is -2.10. The molecular weight excluding hydrogens is 254 g/mol. The molecule has 6 heteroatoms. The van der Waals surface area contributed by atoms with Gasteiger partial charge in [0.1, 0.15) is 0 Å². The number of carbonyl (C=O) groups is 1. The molecule has 0 saturated heterocycles. The van der Waals surface area contributed by atoms with Crippen molar-refractivity contribution in [1.29, 1.82) is 0 Å². The molecule has 0 spiro atoms. The summed E-state index contributed by atoms with van der Waals surface area (Å²) in [5, 5.41) is 7.18. The van der Waals surface area contributed by atoms with E-state index in [9.17, 15) is 4.79 Å². The van der Waals surface area contributed by atoms with Gasteiger partial charge >= 0.3 is 0 Å². The van der Waals surface area contributed by atoms with Crippen LogP contribution in [0, 0.1) is 6.92 Å². The largest absolute Gasteiger partial charge is 0.323 e. The molecule has 20 heavy (non-hydrogen) atoms. The second-order valence-electron chi connectivity index (χ2n) is 4.66. The van der Waals surface area contributed by atoms with Gasteiger partial charge < -0.3 is 10.7 Å². The number of amides is 1. The number of carbonyl (C=O) groups excluding carboxylic acids is 1. The van der Waals surface area contributed by atoms with Crippen molar-refractivity contribution in [2.45, 2.75) is 20.3 Å². The van der Waals surface area contributed by atoms with E-state index in [-0.39, 0.29) is 5.91 Å². The maximum Gasteiger partial charge on any atom is 0.257 e. The van der Waals surface area contributed by atoms with Gasteiger partial charge in [-0.25, -0.2) is 0 Å². The van der Waals surface area contributed by atoms with E-state index in [1.807, 2.05) is 27.0 Å². The van der Waals surface area contributed by atoms with E-state index in [1.54, 1.807) is 23.0 Å². The lowest BCUT2D eigenvalue weighted by molar-refractivity contribution is 0.102. The Hall–Kier alpha value is -2.34. The molecule has 0 aliphatic rings. The summed E-state index contributed by atoms with van der Waals surface area (Å²) < 4.78 is 1.69. The Morgan fingerprint density at radius 1 is 1.40 bits per heavy atom. The van der Waals surface area contributed by atoms with Gasteiger partial charge in [0.15, 0.2) is 0 Å². The summed E-state index contributed by atoms with van der Waals surface area (Å²) in [6.07, 6.45) is 2.55. The normalized spacial score (nSPS) is 10.4. The van der Waals surface area contributed by atoms with Crippen LogP contribution < -0.4 is 16.6 Å². The molecule has 2 aromatic rings. The third kappa shape index (κ3) is 2.80. The first kappa shape index (κ1) is 14.1. The Kier molecular flexibility index (Phi) is 4.05. The highest BCUT2D eigenvalue weighted by Crippen LogP contribution is 2.20. The number of benzene rings is 1. The number of hydrogen-bond acceptors (Lipinski definition) is 4. The molecule has 0 saturated carbocycles. The number of rotatable bonds is 4. The maximum atomic E-state index is 12.4. The zero-order chi connectivity index (χ0) is 14.7. The number of anilines is 2. The third-order valence-electron chi connectivity index (χ3n) is 3.06. The average Bonchev–Trinajstić information content (AvgIpc) is 2.78. The smallest absolute Gasteiger partial charge is 0.257 e. The van der Waals surface area contributed by atoms with E-state index < -0.39 is 0 Å². The van der Waals surface area contributed by atoms with E-state index in [0.717, 1.165) is 23.4 Å². The number of nitrogens with one attached hydrogen (secondary N) is 2. The fraction of sp³-hybridized carbons (Fsp3) is 0.286. The van der Waals surface area contributed by atoms with Gasteiger partial charge in [-0.2, -0.15) is 5.10 Å². The van der Waals surface area contributed by atoms with Crippen molar-refractivity contribution in [3.05, 3.63) is 41.2 Å². The second-order valence-corrected chi connectivity index (χ2v) is 4.66. The Bertz CT molecular complexity index is 632. The molecular formula is C14H19N5O. The van der Waals surface area contributed by atoms with E-state index in [2.05, 4.69) is 15.8 Å². The summed E-state index contributed by atoms with van der Waals surface area (Å²) >= 11 is 0. The second kappa shape index (κ2) is 5.75. The predicted octanol–water partition coefficient (Wildman–Crippen LogP) is 1.83. The van der Waals surface area contributed by atoms with Crippen LogP contribution in [0.2, 0.25) is 0 Å². The predicted molar refractivity (Wildman–Crippen MR) is 79.5 cm³/mol. The molecule has 4 N–H and O–H groups in total. The van der Waals surface area contributed by atoms with Gasteiger partial charge in [0.25, 0.3) is 5.91 Å². The molecule has 0 unspecified atom stereocenters. The molecule has 0 fully saturated rings. The number of nitrogens with zero attached hydrogens (tertiary/aromatic N) is 2. The van der Waals surface area contributed by atoms with Crippen LogP contribution in [0.4, 0.5) is 11.4 Å². The molecule has 2 rings (SSSR count). The van der Waals surface area contributed by atoms with Gasteiger partial charge in [0.05, 0.1) is 22.6 Å². The summed E-state index contributed by atoms with van der Waals surface area (Å²) in [5.41, 5.74) is 6.23. The summed E-state index contributed by atoms with van der Waals surface area (Å²) in [4.78, 5) is 12.4. The van der Waals surface area contributed by atoms with Crippen molar-refractivity contribution in [3.8, 4) is 0 Å². The first-order valence-electron chi connectivity index (χ1n) is 6.46. The highest BCUT2D eigenvalue weighted by Gasteiger charge is 2.14. The fourth-order valence-corrected chi connectivity index (χ4v) is 2.06. The topological polar surface area (TPSA) is 85.0 Å². The number of aromatic nitrogens is 2. The molecule has 0 atom stereocenters. The Morgan fingerprint density at radius 3 is 2.80 bits per heavy atom. The molecule has 1 amide bonds. The van der Waals surface area contributed by atoms with Crippen molar-refractivity contribution < 1.29 is 4.79 Å². The zero-order valence-electron chi connectivity index (χ0n) is 11.9. The van der Waals surface area contributed by atoms with Gasteiger partial charge in [-0.3, -0.25) is 15.3 Å². The van der Waals surface area contributed by atoms with E-state index in [0.29, 0.717) is 11.3 Å². The zero-order valence-corrected chi connectivity index (χ0v) is 11.9. The number of hydrogen-bond donors (Lipinski definition) is 3. The molecule has 1 heterocycles. The standard InChI is InChI=1S/C14H19N5O/c1-4-11-13(8-19(3)18-11)16-14(20)10-7-9(2)5-6-12(10)17-15/h5-8,17H,4,15H2,1-3H3,(H,16,20). The molecule has 106 valence electrons. The minimum absolute atomic E-state index is 0.204. The minimum Gasteiger partial charge on any atom is -0.323 e. The molecule has 0 aliphatic carbocycles. The van der Waals surface area contributed by atoms with Crippen LogP contribution in [0.5, 0.6) is 0 Å². The summed E-state index contributed by atoms with van der Waals surface area (Å²) in [6.45, 7) is 3.93. The van der Waals surface area contributed by atoms with Crippen molar-refractivity contribution in [2.75, 3.05) is 10.7 Å². The lowest BCUT2D eigenvalue weighted by atomic mass is 10.1. The van der Waals surface area contributed by atoms with Crippen LogP contribution in [0.1, 0.15) is 28.5 Å². The van der Waals surface area contributed by atoms with Crippen molar-refractivity contribution in [1.82, 2.24) is 9.78 Å². The number of nitrogens with two attached hydrogens (primary N) is 1. The number of nitrogen functional groups attached to an aromatic ring is 1. The molecule has 0 radical (unpaired) electrons. The summed E-state index contributed by atoms with van der Waals surface area (Å²) in [5.74, 6) is 5.24. The summed E-state index contributed by atoms with van der Waals surface area (Å²) in [6, 6.07) is 5.48. The van der Waals surface area contributed by atoms with Gasteiger partial charge in [0.2, 0.25) is 0 Å². The van der Waals surface area contributed by atoms with Crippen molar-refractivity contribution >= 4 is 17.3 Å². The Balaban J connectivity index is 2.30. The van der Waals surface area contributed by atoms with Crippen LogP contribution >= 0.6 is 0 Å². The average molecular weight is 273 g/mol. The molecule has 1 aromatic heterocycles. The van der Waals surface area contributed by atoms with Crippen LogP contribution in [-0.2, 0) is 13.5 Å². The van der Waals surface area contributed by atoms with Crippen LogP contribution in [0.15, 0.2) is 24.4 Å². The monoisotopic (exact) mass is 273 g/mol. The molecule has 0 bridgehead atoms. The number of hydrazine groups is 1. The minimum atomic E-state index is -0.204. The Labute approximate surface area is 117 Å². The molecule has 6 nitrogen and oxygen atoms in total. The van der Waals surface area contributed by atoms with Gasteiger partial charge in [-0.15, -0.1) is 0 Å². The van der Waals surface area contributed by atoms with Gasteiger partial charge in [0, 0.05) is 13.2 Å². The van der Waals surface area contributed by atoms with Crippen LogP contribution in [0.3, 0.4) is 0 Å². The van der Waals surface area contributed by atoms with Crippen LogP contribution in [-0.4, -0.2) is 15.7 Å². The highest BCUT2D eigenvalue weighted by atomic mass is 16.1.